The topological polar surface area (TPSA) is 25.8 Å². The Hall–Kier alpha value is -6.94. The highest BCUT2D eigenvalue weighted by molar-refractivity contribution is 7.25. The normalized spacial score (nSPS) is 14.5. The predicted octanol–water partition coefficient (Wildman–Crippen LogP) is 14.5. The van der Waals surface area contributed by atoms with Crippen molar-refractivity contribution in [1.82, 2.24) is 9.97 Å². The van der Waals surface area contributed by atoms with E-state index in [-0.39, 0.29) is 5.41 Å². The van der Waals surface area contributed by atoms with Crippen molar-refractivity contribution in [3.63, 3.8) is 0 Å². The molecular weight excluding hydrogens is 709 g/mol. The van der Waals surface area contributed by atoms with Crippen LogP contribution in [0.25, 0.3) is 87.5 Å². The van der Waals surface area contributed by atoms with E-state index in [1.54, 1.807) is 0 Å². The molecule has 268 valence electrons. The van der Waals surface area contributed by atoms with Crippen LogP contribution >= 0.6 is 11.3 Å². The molecule has 2 aromatic heterocycles. The molecule has 3 heteroatoms. The Balaban J connectivity index is 1.03. The van der Waals surface area contributed by atoms with Gasteiger partial charge in [-0.15, -0.1) is 11.3 Å². The average Bonchev–Trinajstić information content (AvgIpc) is 3.80. The van der Waals surface area contributed by atoms with Crippen molar-refractivity contribution in [2.24, 2.45) is 0 Å². The maximum Gasteiger partial charge on any atom is 0.160 e. The third-order valence-corrected chi connectivity index (χ3v) is 12.9. The van der Waals surface area contributed by atoms with Crippen LogP contribution in [0.15, 0.2) is 200 Å². The highest BCUT2D eigenvalue weighted by Crippen LogP contribution is 2.55. The van der Waals surface area contributed by atoms with Crippen LogP contribution in [0.4, 0.5) is 0 Å². The molecule has 10 aromatic rings. The van der Waals surface area contributed by atoms with E-state index in [9.17, 15) is 0 Å². The molecule has 0 fully saturated rings. The first kappa shape index (κ1) is 33.4. The maximum absolute atomic E-state index is 5.22. The molecule has 11 rings (SSSR count). The number of aromatic nitrogens is 2. The highest BCUT2D eigenvalue weighted by Gasteiger charge is 2.41. The molecule has 2 heterocycles. The third kappa shape index (κ3) is 5.46. The lowest BCUT2D eigenvalue weighted by Gasteiger charge is -2.28. The zero-order valence-electron chi connectivity index (χ0n) is 31.4. The van der Waals surface area contributed by atoms with Crippen LogP contribution in [-0.2, 0) is 5.41 Å². The number of hydrogen-bond acceptors (Lipinski definition) is 3. The first-order valence-corrected chi connectivity index (χ1v) is 20.3. The van der Waals surface area contributed by atoms with Crippen LogP contribution in [0.5, 0.6) is 0 Å². The fraction of sp³-hybridized carbons (Fsp3) is 0.0370. The van der Waals surface area contributed by atoms with E-state index in [0.29, 0.717) is 5.82 Å². The molecule has 8 aromatic carbocycles. The first-order chi connectivity index (χ1) is 28.1. The second-order valence-corrected chi connectivity index (χ2v) is 16.1. The summed E-state index contributed by atoms with van der Waals surface area (Å²) in [7, 11) is 0. The third-order valence-electron chi connectivity index (χ3n) is 11.8. The molecule has 1 aliphatic rings. The van der Waals surface area contributed by atoms with Crippen molar-refractivity contribution in [2.45, 2.75) is 12.3 Å². The summed E-state index contributed by atoms with van der Waals surface area (Å²) in [6, 6.07) is 72.2. The number of nitrogens with zero attached hydrogens (tertiary/aromatic N) is 2. The van der Waals surface area contributed by atoms with Crippen molar-refractivity contribution in [1.29, 1.82) is 0 Å². The number of hydrogen-bond donors (Lipinski definition) is 0. The Bertz CT molecular complexity index is 3130. The molecule has 0 radical (unpaired) electrons. The molecule has 1 atom stereocenters. The molecule has 0 amide bonds. The molecule has 0 N–H and O–H groups in total. The fourth-order valence-electron chi connectivity index (χ4n) is 9.01. The van der Waals surface area contributed by atoms with Crippen LogP contribution in [-0.4, -0.2) is 9.97 Å². The second kappa shape index (κ2) is 13.4. The number of fused-ring (bicyclic) bond motifs is 6. The van der Waals surface area contributed by atoms with Gasteiger partial charge in [0.25, 0.3) is 0 Å². The molecule has 57 heavy (non-hydrogen) atoms. The smallest absolute Gasteiger partial charge is 0.160 e. The zero-order valence-corrected chi connectivity index (χ0v) is 32.2. The lowest BCUT2D eigenvalue weighted by atomic mass is 9.74. The second-order valence-electron chi connectivity index (χ2n) is 15.0. The number of rotatable bonds is 6. The van der Waals surface area contributed by atoms with Crippen LogP contribution < -0.4 is 0 Å². The van der Waals surface area contributed by atoms with Crippen molar-refractivity contribution < 1.29 is 0 Å². The van der Waals surface area contributed by atoms with Crippen molar-refractivity contribution in [3.05, 3.63) is 217 Å². The molecule has 0 saturated carbocycles. The summed E-state index contributed by atoms with van der Waals surface area (Å²) in [5.41, 5.74) is 16.0. The van der Waals surface area contributed by atoms with Gasteiger partial charge in [0.1, 0.15) is 0 Å². The van der Waals surface area contributed by atoms with Crippen molar-refractivity contribution in [3.8, 4) is 67.3 Å². The van der Waals surface area contributed by atoms with Gasteiger partial charge in [-0.2, -0.15) is 0 Å². The Morgan fingerprint density at radius 2 is 0.982 bits per heavy atom. The quantitative estimate of drug-likeness (QED) is 0.169. The van der Waals surface area contributed by atoms with E-state index < -0.39 is 0 Å². The molecule has 0 saturated heterocycles. The molecule has 1 aliphatic carbocycles. The minimum Gasteiger partial charge on any atom is -0.228 e. The van der Waals surface area contributed by atoms with Crippen LogP contribution in [0, 0.1) is 0 Å². The zero-order chi connectivity index (χ0) is 37.9. The van der Waals surface area contributed by atoms with Gasteiger partial charge in [-0.25, -0.2) is 9.97 Å². The Labute approximate surface area is 336 Å². The van der Waals surface area contributed by atoms with E-state index in [0.717, 1.165) is 33.6 Å². The summed E-state index contributed by atoms with van der Waals surface area (Å²) in [6.45, 7) is 2.37. The average molecular weight is 745 g/mol. The molecular formula is C54H36N2S. The van der Waals surface area contributed by atoms with Crippen LogP contribution in [0.1, 0.15) is 23.6 Å². The van der Waals surface area contributed by atoms with E-state index in [1.165, 1.54) is 64.7 Å². The van der Waals surface area contributed by atoms with Crippen molar-refractivity contribution in [2.75, 3.05) is 0 Å². The Kier molecular flexibility index (Phi) is 7.84. The van der Waals surface area contributed by atoms with Gasteiger partial charge in [-0.3, -0.25) is 0 Å². The van der Waals surface area contributed by atoms with Gasteiger partial charge in [0.15, 0.2) is 5.82 Å². The van der Waals surface area contributed by atoms with Crippen molar-refractivity contribution >= 4 is 31.5 Å². The number of benzene rings is 8. The summed E-state index contributed by atoms with van der Waals surface area (Å²) in [6.07, 6.45) is 0. The first-order valence-electron chi connectivity index (χ1n) is 19.5. The van der Waals surface area contributed by atoms with E-state index in [2.05, 4.69) is 189 Å². The molecule has 0 spiro atoms. The minimum atomic E-state index is -0.257. The minimum absolute atomic E-state index is 0.257. The van der Waals surface area contributed by atoms with Gasteiger partial charge in [-0.05, 0) is 81.3 Å². The molecule has 1 unspecified atom stereocenters. The molecule has 2 nitrogen and oxygen atoms in total. The predicted molar refractivity (Wildman–Crippen MR) is 240 cm³/mol. The summed E-state index contributed by atoms with van der Waals surface area (Å²) >= 11 is 1.85. The van der Waals surface area contributed by atoms with E-state index in [1.807, 2.05) is 29.5 Å². The summed E-state index contributed by atoms with van der Waals surface area (Å²) < 4.78 is 2.62. The maximum atomic E-state index is 5.22. The van der Waals surface area contributed by atoms with Gasteiger partial charge >= 0.3 is 0 Å². The molecule has 0 bridgehead atoms. The van der Waals surface area contributed by atoms with Crippen LogP contribution in [0.2, 0.25) is 0 Å². The fourth-order valence-corrected chi connectivity index (χ4v) is 10.1. The standard InChI is InChI=1S/C54H36N2S/c1-54(40-19-6-3-7-20-40)45-25-10-8-21-43(45)51-42(23-13-26-46(51)54)38-17-12-18-39(33-38)48-34-47(55-53(56-48)37-15-4-2-5-16-37)36-31-29-35(30-32-36)41-24-14-28-50-52(41)44-22-9-11-27-49(44)57-50/h2-34H,1H3. The van der Waals surface area contributed by atoms with Gasteiger partial charge in [-0.1, -0.05) is 176 Å². The summed E-state index contributed by atoms with van der Waals surface area (Å²) in [5, 5.41) is 2.63. The summed E-state index contributed by atoms with van der Waals surface area (Å²) in [4.78, 5) is 10.4. The molecule has 0 aliphatic heterocycles. The Morgan fingerprint density at radius 1 is 0.404 bits per heavy atom. The van der Waals surface area contributed by atoms with Gasteiger partial charge in [0, 0.05) is 42.3 Å². The van der Waals surface area contributed by atoms with Gasteiger partial charge in [0.05, 0.1) is 11.4 Å². The number of thiophene rings is 1. The Morgan fingerprint density at radius 3 is 1.82 bits per heavy atom. The lowest BCUT2D eigenvalue weighted by molar-refractivity contribution is 0.714. The van der Waals surface area contributed by atoms with E-state index in [4.69, 9.17) is 9.97 Å². The van der Waals surface area contributed by atoms with Gasteiger partial charge in [0.2, 0.25) is 0 Å². The monoisotopic (exact) mass is 744 g/mol. The lowest BCUT2D eigenvalue weighted by Crippen LogP contribution is -2.22. The summed E-state index contributed by atoms with van der Waals surface area (Å²) in [5.74, 6) is 0.709. The van der Waals surface area contributed by atoms with Gasteiger partial charge < -0.3 is 0 Å². The van der Waals surface area contributed by atoms with E-state index >= 15 is 0 Å². The SMILES string of the molecule is CC1(c2ccccc2)c2ccccc2-c2c(-c3cccc(-c4cc(-c5ccc(-c6cccc7sc8ccccc8c67)cc5)nc(-c5ccccc5)n4)c3)cccc21. The van der Waals surface area contributed by atoms with Crippen LogP contribution in [0.3, 0.4) is 0 Å². The largest absolute Gasteiger partial charge is 0.228 e. The highest BCUT2D eigenvalue weighted by atomic mass is 32.1.